The number of hydrogen-bond donors (Lipinski definition) is 0. The highest BCUT2D eigenvalue weighted by molar-refractivity contribution is 6.23. The lowest BCUT2D eigenvalue weighted by Crippen LogP contribution is -2.47. The Morgan fingerprint density at radius 2 is 1.59 bits per heavy atom. The lowest BCUT2D eigenvalue weighted by molar-refractivity contribution is -0.384. The number of amidine groups is 1. The van der Waals surface area contributed by atoms with Gasteiger partial charge in [0.1, 0.15) is 11.5 Å². The minimum atomic E-state index is -0.507. The molecule has 1 aromatic heterocycles. The average Bonchev–Trinajstić information content (AvgIpc) is 3.12. The van der Waals surface area contributed by atoms with Crippen LogP contribution in [-0.4, -0.2) is 26.3 Å². The quantitative estimate of drug-likeness (QED) is 0.265. The van der Waals surface area contributed by atoms with Crippen molar-refractivity contribution in [1.29, 1.82) is 0 Å². The molecule has 4 aromatic rings. The van der Waals surface area contributed by atoms with E-state index in [1.165, 1.54) is 40.0 Å². The normalized spacial score (nSPS) is 14.6. The zero-order chi connectivity index (χ0) is 23.8. The Hall–Kier alpha value is -4.92. The Labute approximate surface area is 193 Å². The summed E-state index contributed by atoms with van der Waals surface area (Å²) in [4.78, 5) is 46.4. The number of benzene rings is 3. The van der Waals surface area contributed by atoms with E-state index < -0.39 is 16.4 Å². The number of non-ortho nitro benzene ring substituents is 1. The third kappa shape index (κ3) is 3.55. The first-order chi connectivity index (χ1) is 16.4. The number of nitro groups is 1. The third-order valence-corrected chi connectivity index (χ3v) is 5.39. The number of aliphatic imine (C=N–C) groups is 1. The lowest BCUT2D eigenvalue weighted by Gasteiger charge is -2.22. The van der Waals surface area contributed by atoms with Crippen molar-refractivity contribution in [2.24, 2.45) is 4.99 Å². The molecule has 2 heterocycles. The molecule has 0 unspecified atom stereocenters. The molecule has 166 valence electrons. The molecular formula is C25H17N5O4. The topological polar surface area (TPSA) is 111 Å². The SMILES string of the molecule is CC1=N/C(=C/c2ccc([N+](=O)[O-])cc2)C(=O)N1n1c(-c2ccccc2)nc2ccccc2c1=O. The van der Waals surface area contributed by atoms with Crippen LogP contribution < -0.4 is 10.6 Å². The Morgan fingerprint density at radius 3 is 2.29 bits per heavy atom. The molecule has 5 rings (SSSR count). The maximum atomic E-state index is 13.6. The van der Waals surface area contributed by atoms with E-state index in [2.05, 4.69) is 9.98 Å². The average molecular weight is 451 g/mol. The highest BCUT2D eigenvalue weighted by atomic mass is 16.6. The molecular weight excluding hydrogens is 434 g/mol. The number of hydrogen-bond acceptors (Lipinski definition) is 6. The van der Waals surface area contributed by atoms with E-state index in [1.807, 2.05) is 30.3 Å². The van der Waals surface area contributed by atoms with Crippen LogP contribution in [-0.2, 0) is 4.79 Å². The van der Waals surface area contributed by atoms with Crippen LogP contribution in [0, 0.1) is 10.1 Å². The van der Waals surface area contributed by atoms with Crippen LogP contribution in [0.4, 0.5) is 5.69 Å². The molecule has 34 heavy (non-hydrogen) atoms. The van der Waals surface area contributed by atoms with Gasteiger partial charge in [0.05, 0.1) is 15.8 Å². The summed E-state index contributed by atoms with van der Waals surface area (Å²) in [6.45, 7) is 1.63. The van der Waals surface area contributed by atoms with E-state index in [0.29, 0.717) is 33.7 Å². The minimum absolute atomic E-state index is 0.0532. The fourth-order valence-corrected chi connectivity index (χ4v) is 3.79. The summed E-state index contributed by atoms with van der Waals surface area (Å²) in [5, 5.41) is 12.5. The molecule has 1 aliphatic rings. The van der Waals surface area contributed by atoms with Crippen LogP contribution in [0.25, 0.3) is 28.4 Å². The van der Waals surface area contributed by atoms with Crippen LogP contribution >= 0.6 is 0 Å². The van der Waals surface area contributed by atoms with Crippen molar-refractivity contribution in [2.45, 2.75) is 6.92 Å². The Bertz CT molecular complexity index is 1570. The molecule has 1 aliphatic heterocycles. The van der Waals surface area contributed by atoms with Gasteiger partial charge < -0.3 is 0 Å². The summed E-state index contributed by atoms with van der Waals surface area (Å²) in [6, 6.07) is 21.9. The third-order valence-electron chi connectivity index (χ3n) is 5.39. The van der Waals surface area contributed by atoms with Crippen LogP contribution in [0.5, 0.6) is 0 Å². The van der Waals surface area contributed by atoms with Gasteiger partial charge >= 0.3 is 0 Å². The summed E-state index contributed by atoms with van der Waals surface area (Å²) in [5.41, 5.74) is 1.40. The summed E-state index contributed by atoms with van der Waals surface area (Å²) in [5.74, 6) is 0.102. The van der Waals surface area contributed by atoms with Gasteiger partial charge in [-0.25, -0.2) is 9.98 Å². The highest BCUT2D eigenvalue weighted by Crippen LogP contribution is 2.24. The highest BCUT2D eigenvalue weighted by Gasteiger charge is 2.32. The molecule has 0 radical (unpaired) electrons. The maximum Gasteiger partial charge on any atom is 0.297 e. The van der Waals surface area contributed by atoms with E-state index in [1.54, 1.807) is 31.2 Å². The molecule has 3 aromatic carbocycles. The summed E-state index contributed by atoms with van der Waals surface area (Å²) in [6.07, 6.45) is 1.53. The first-order valence-corrected chi connectivity index (χ1v) is 10.4. The van der Waals surface area contributed by atoms with Crippen molar-refractivity contribution in [3.05, 3.63) is 111 Å². The van der Waals surface area contributed by atoms with Gasteiger partial charge in [-0.15, -0.1) is 0 Å². The molecule has 0 atom stereocenters. The zero-order valence-electron chi connectivity index (χ0n) is 18.0. The van der Waals surface area contributed by atoms with E-state index in [9.17, 15) is 19.7 Å². The lowest BCUT2D eigenvalue weighted by atomic mass is 10.1. The van der Waals surface area contributed by atoms with Gasteiger partial charge in [-0.3, -0.25) is 19.7 Å². The number of aromatic nitrogens is 2. The summed E-state index contributed by atoms with van der Waals surface area (Å²) in [7, 11) is 0. The number of nitro benzene ring substituents is 1. The predicted molar refractivity (Wildman–Crippen MR) is 129 cm³/mol. The van der Waals surface area contributed by atoms with Gasteiger partial charge in [-0.2, -0.15) is 9.69 Å². The van der Waals surface area contributed by atoms with Gasteiger partial charge in [0.15, 0.2) is 5.82 Å². The van der Waals surface area contributed by atoms with Crippen molar-refractivity contribution in [1.82, 2.24) is 9.66 Å². The van der Waals surface area contributed by atoms with Gasteiger partial charge in [-0.1, -0.05) is 42.5 Å². The first-order valence-electron chi connectivity index (χ1n) is 10.4. The van der Waals surface area contributed by atoms with E-state index in [-0.39, 0.29) is 11.4 Å². The van der Waals surface area contributed by atoms with Crippen molar-refractivity contribution < 1.29 is 9.72 Å². The van der Waals surface area contributed by atoms with Crippen LogP contribution in [0.1, 0.15) is 12.5 Å². The second kappa shape index (κ2) is 8.21. The fourth-order valence-electron chi connectivity index (χ4n) is 3.79. The predicted octanol–water partition coefficient (Wildman–Crippen LogP) is 3.91. The zero-order valence-corrected chi connectivity index (χ0v) is 18.0. The van der Waals surface area contributed by atoms with E-state index in [0.717, 1.165) is 0 Å². The number of carbonyl (C=O) groups is 1. The molecule has 1 amide bonds. The number of carbonyl (C=O) groups excluding carboxylic acids is 1. The number of para-hydroxylation sites is 1. The molecule has 0 saturated carbocycles. The standard InChI is InChI=1S/C25H17N5O4/c1-16-26-22(15-17-11-13-19(14-12-17)30(33)34)25(32)28(16)29-23(18-7-3-2-4-8-18)27-21-10-6-5-9-20(21)24(29)31/h2-15H,1H3/b22-15+. The Morgan fingerprint density at radius 1 is 0.912 bits per heavy atom. The number of nitrogens with zero attached hydrogens (tertiary/aromatic N) is 5. The first kappa shape index (κ1) is 21.0. The summed E-state index contributed by atoms with van der Waals surface area (Å²) >= 11 is 0. The number of rotatable bonds is 4. The number of amides is 1. The van der Waals surface area contributed by atoms with E-state index in [4.69, 9.17) is 0 Å². The minimum Gasteiger partial charge on any atom is -0.267 e. The van der Waals surface area contributed by atoms with Crippen LogP contribution in [0.3, 0.4) is 0 Å². The molecule has 0 spiro atoms. The number of fused-ring (bicyclic) bond motifs is 1. The van der Waals surface area contributed by atoms with E-state index >= 15 is 0 Å². The Kier molecular flexibility index (Phi) is 5.06. The Balaban J connectivity index is 1.65. The fraction of sp³-hybridized carbons (Fsp3) is 0.0400. The molecule has 0 fully saturated rings. The largest absolute Gasteiger partial charge is 0.297 e. The molecule has 0 N–H and O–H groups in total. The molecule has 0 aliphatic carbocycles. The van der Waals surface area contributed by atoms with Gasteiger partial charge in [0.2, 0.25) is 0 Å². The second-order valence-corrected chi connectivity index (χ2v) is 7.59. The van der Waals surface area contributed by atoms with Gasteiger partial charge in [0.25, 0.3) is 17.2 Å². The van der Waals surface area contributed by atoms with Gasteiger partial charge in [0, 0.05) is 17.7 Å². The monoisotopic (exact) mass is 451 g/mol. The molecule has 9 nitrogen and oxygen atoms in total. The van der Waals surface area contributed by atoms with Crippen molar-refractivity contribution in [3.8, 4) is 11.4 Å². The maximum absolute atomic E-state index is 13.6. The van der Waals surface area contributed by atoms with Crippen LogP contribution in [0.15, 0.2) is 94.3 Å². The van der Waals surface area contributed by atoms with Crippen LogP contribution in [0.2, 0.25) is 0 Å². The van der Waals surface area contributed by atoms with Crippen molar-refractivity contribution in [3.63, 3.8) is 0 Å². The summed E-state index contributed by atoms with van der Waals surface area (Å²) < 4.78 is 1.25. The smallest absolute Gasteiger partial charge is 0.267 e. The molecule has 0 bridgehead atoms. The van der Waals surface area contributed by atoms with Crippen molar-refractivity contribution >= 4 is 34.4 Å². The molecule has 9 heteroatoms. The molecule has 0 saturated heterocycles. The van der Waals surface area contributed by atoms with Crippen molar-refractivity contribution in [2.75, 3.05) is 5.01 Å². The second-order valence-electron chi connectivity index (χ2n) is 7.59. The van der Waals surface area contributed by atoms with Gasteiger partial charge in [-0.05, 0) is 42.8 Å².